The predicted molar refractivity (Wildman–Crippen MR) is 150 cm³/mol. The molecule has 2 saturated carbocycles. The lowest BCUT2D eigenvalue weighted by atomic mass is 9.68. The molecule has 1 aromatic rings. The highest BCUT2D eigenvalue weighted by molar-refractivity contribution is 5.58. The van der Waals surface area contributed by atoms with Gasteiger partial charge in [-0.3, -0.25) is 0 Å². The van der Waals surface area contributed by atoms with Crippen molar-refractivity contribution >= 4 is 0 Å². The van der Waals surface area contributed by atoms with Crippen LogP contribution in [-0.4, -0.2) is 25.4 Å². The number of allylic oxidation sites excluding steroid dienone is 2. The van der Waals surface area contributed by atoms with Crippen molar-refractivity contribution in [3.05, 3.63) is 57.7 Å². The van der Waals surface area contributed by atoms with Gasteiger partial charge in [0.15, 0.2) is 23.3 Å². The summed E-state index contributed by atoms with van der Waals surface area (Å²) in [5.41, 5.74) is 1.40. The molecule has 0 saturated heterocycles. The van der Waals surface area contributed by atoms with E-state index in [0.29, 0.717) is 35.5 Å². The van der Waals surface area contributed by atoms with Gasteiger partial charge in [0.2, 0.25) is 0 Å². The van der Waals surface area contributed by atoms with Gasteiger partial charge in [0.1, 0.15) is 0 Å². The van der Waals surface area contributed by atoms with Crippen molar-refractivity contribution in [3.63, 3.8) is 0 Å². The zero-order chi connectivity index (χ0) is 28.9. The van der Waals surface area contributed by atoms with Gasteiger partial charge >= 0.3 is 0 Å². The average molecular weight is 563 g/mol. The first-order chi connectivity index (χ1) is 19.0. The highest BCUT2D eigenvalue weighted by Crippen LogP contribution is 2.51. The highest BCUT2D eigenvalue weighted by atomic mass is 19.2. The molecule has 0 radical (unpaired) electrons. The summed E-state index contributed by atoms with van der Waals surface area (Å²) in [4.78, 5) is 0. The Balaban J connectivity index is 1.41. The fourth-order valence-electron chi connectivity index (χ4n) is 7.96. The molecule has 0 unspecified atom stereocenters. The molecule has 2 bridgehead atoms. The number of ether oxygens (including phenoxy) is 2. The monoisotopic (exact) mass is 562 g/mol. The lowest BCUT2D eigenvalue weighted by Gasteiger charge is -2.41. The molecule has 8 atom stereocenters. The van der Waals surface area contributed by atoms with E-state index in [-0.39, 0.29) is 36.5 Å². The normalized spacial score (nSPS) is 33.8. The smallest absolute Gasteiger partial charge is 0.197 e. The minimum absolute atomic E-state index is 0.0872. The lowest BCUT2D eigenvalue weighted by molar-refractivity contribution is -0.0317. The molecule has 0 heterocycles. The Morgan fingerprint density at radius 1 is 0.625 bits per heavy atom. The van der Waals surface area contributed by atoms with Crippen LogP contribution < -0.4 is 0 Å². The minimum Gasteiger partial charge on any atom is -0.374 e. The van der Waals surface area contributed by atoms with Gasteiger partial charge in [0.05, 0.1) is 25.4 Å². The average Bonchev–Trinajstić information content (AvgIpc) is 2.92. The molecule has 1 aromatic carbocycles. The first-order valence-corrected chi connectivity index (χ1v) is 15.5. The van der Waals surface area contributed by atoms with E-state index in [4.69, 9.17) is 9.47 Å². The molecule has 2 fully saturated rings. The van der Waals surface area contributed by atoms with Crippen molar-refractivity contribution < 1.29 is 27.0 Å². The first-order valence-electron chi connectivity index (χ1n) is 15.5. The number of hydrogen-bond acceptors (Lipinski definition) is 2. The Morgan fingerprint density at radius 3 is 1.35 bits per heavy atom. The van der Waals surface area contributed by atoms with E-state index in [1.54, 1.807) is 0 Å². The van der Waals surface area contributed by atoms with E-state index >= 15 is 8.78 Å². The van der Waals surface area contributed by atoms with Crippen molar-refractivity contribution in [2.45, 2.75) is 104 Å². The highest BCUT2D eigenvalue weighted by Gasteiger charge is 2.43. The quantitative estimate of drug-likeness (QED) is 0.136. The number of rotatable bonds is 8. The van der Waals surface area contributed by atoms with Gasteiger partial charge in [-0.15, -0.1) is 0 Å². The number of halogens is 4. The topological polar surface area (TPSA) is 18.5 Å². The maximum absolute atomic E-state index is 15.2. The summed E-state index contributed by atoms with van der Waals surface area (Å²) in [7, 11) is 0. The molecule has 0 amide bonds. The Morgan fingerprint density at radius 2 is 1.00 bits per heavy atom. The van der Waals surface area contributed by atoms with Gasteiger partial charge in [-0.1, -0.05) is 66.5 Å². The second-order valence-electron chi connectivity index (χ2n) is 13.9. The summed E-state index contributed by atoms with van der Waals surface area (Å²) in [6.07, 6.45) is 10.5. The van der Waals surface area contributed by atoms with E-state index in [0.717, 1.165) is 36.8 Å². The third-order valence-corrected chi connectivity index (χ3v) is 10.4. The molecule has 5 aliphatic carbocycles. The second kappa shape index (κ2) is 11.9. The van der Waals surface area contributed by atoms with Crippen LogP contribution >= 0.6 is 0 Å². The fourth-order valence-corrected chi connectivity index (χ4v) is 7.96. The summed E-state index contributed by atoms with van der Waals surface area (Å²) < 4.78 is 72.4. The third kappa shape index (κ3) is 5.56. The molecule has 0 aromatic heterocycles. The van der Waals surface area contributed by atoms with Crippen molar-refractivity contribution in [2.75, 3.05) is 13.2 Å². The molecule has 0 N–H and O–H groups in total. The molecule has 6 heteroatoms. The van der Waals surface area contributed by atoms with Crippen LogP contribution in [0.1, 0.15) is 103 Å². The van der Waals surface area contributed by atoms with Gasteiger partial charge in [0, 0.05) is 23.0 Å². The zero-order valence-electron chi connectivity index (χ0n) is 24.9. The zero-order valence-corrected chi connectivity index (χ0v) is 24.9. The van der Waals surface area contributed by atoms with Crippen LogP contribution in [0.3, 0.4) is 0 Å². The van der Waals surface area contributed by atoms with Gasteiger partial charge in [-0.25, -0.2) is 17.6 Å². The van der Waals surface area contributed by atoms with Crippen LogP contribution in [0.15, 0.2) is 23.3 Å². The van der Waals surface area contributed by atoms with Gasteiger partial charge < -0.3 is 9.47 Å². The number of hydrogen-bond donors (Lipinski definition) is 0. The molecule has 5 aliphatic rings. The summed E-state index contributed by atoms with van der Waals surface area (Å²) in [5.74, 6) is -4.48. The molecule has 222 valence electrons. The Kier molecular flexibility index (Phi) is 8.88. The van der Waals surface area contributed by atoms with E-state index in [1.165, 1.54) is 12.8 Å². The summed E-state index contributed by atoms with van der Waals surface area (Å²) in [5, 5.41) is 0. The Hall–Kier alpha value is -1.66. The van der Waals surface area contributed by atoms with Gasteiger partial charge in [-0.2, -0.15) is 0 Å². The standard InChI is InChI=1S/C34H46F4O2/c1-17(2)23-9-7-19(5)11-27(23)39-15-21-13-26-22(16-40-28-12-20(6)8-10-24(28)18(3)4)14-25(21)29-30(26)32(36)34(38)33(37)31(29)35/h13-14,17-20,23-28H,7-12,15-16H2,1-6H3/t19-,20-,23-,24-,25-,26-,27-,28-/m1/s1. The molecule has 40 heavy (non-hydrogen) atoms. The molecular weight excluding hydrogens is 516 g/mol. The van der Waals surface area contributed by atoms with Crippen LogP contribution in [0, 0.1) is 58.8 Å². The van der Waals surface area contributed by atoms with Crippen LogP contribution in [0.2, 0.25) is 0 Å². The predicted octanol–water partition coefficient (Wildman–Crippen LogP) is 9.25. The van der Waals surface area contributed by atoms with E-state index in [1.807, 2.05) is 12.2 Å². The molecule has 0 spiro atoms. The molecule has 6 rings (SSSR count). The molecule has 0 aliphatic heterocycles. The van der Waals surface area contributed by atoms with Crippen LogP contribution in [0.4, 0.5) is 17.6 Å². The minimum atomic E-state index is -1.74. The maximum atomic E-state index is 15.2. The van der Waals surface area contributed by atoms with Crippen molar-refractivity contribution in [1.29, 1.82) is 0 Å². The second-order valence-corrected chi connectivity index (χ2v) is 13.9. The van der Waals surface area contributed by atoms with Crippen molar-refractivity contribution in [1.82, 2.24) is 0 Å². The Bertz CT molecular complexity index is 1070. The van der Waals surface area contributed by atoms with Crippen LogP contribution in [0.5, 0.6) is 0 Å². The fraction of sp³-hybridized carbons (Fsp3) is 0.706. The lowest BCUT2D eigenvalue weighted by Crippen LogP contribution is -2.36. The van der Waals surface area contributed by atoms with Crippen LogP contribution in [-0.2, 0) is 9.47 Å². The third-order valence-electron chi connectivity index (χ3n) is 10.4. The molecular formula is C34H46F4O2. The largest absolute Gasteiger partial charge is 0.374 e. The maximum Gasteiger partial charge on any atom is 0.197 e. The van der Waals surface area contributed by atoms with Gasteiger partial charge in [-0.05, 0) is 72.3 Å². The summed E-state index contributed by atoms with van der Waals surface area (Å²) in [6, 6.07) is 0. The summed E-state index contributed by atoms with van der Waals surface area (Å²) >= 11 is 0. The van der Waals surface area contributed by atoms with Crippen LogP contribution in [0.25, 0.3) is 0 Å². The summed E-state index contributed by atoms with van der Waals surface area (Å²) in [6.45, 7) is 13.9. The van der Waals surface area contributed by atoms with E-state index in [9.17, 15) is 8.78 Å². The van der Waals surface area contributed by atoms with E-state index in [2.05, 4.69) is 41.5 Å². The van der Waals surface area contributed by atoms with Gasteiger partial charge in [0.25, 0.3) is 0 Å². The first kappa shape index (κ1) is 29.8. The van der Waals surface area contributed by atoms with E-state index < -0.39 is 35.1 Å². The number of benzene rings is 1. The molecule has 2 nitrogen and oxygen atoms in total. The Labute approximate surface area is 237 Å². The SMILES string of the molecule is CC(C)[C@H]1CC[C@@H](C)C[C@H]1OCC1=C[C@@H]2C(CO[C@@H]3C[C@H](C)CC[C@@H]3C(C)C)=C[C@H]1c1c(F)c(F)c(F)c(F)c12. The van der Waals surface area contributed by atoms with Crippen molar-refractivity contribution in [2.24, 2.45) is 35.5 Å². The van der Waals surface area contributed by atoms with Crippen molar-refractivity contribution in [3.8, 4) is 0 Å².